The van der Waals surface area contributed by atoms with Gasteiger partial charge in [0.25, 0.3) is 0 Å². The van der Waals surface area contributed by atoms with E-state index in [1.54, 1.807) is 24.4 Å². The highest BCUT2D eigenvalue weighted by atomic mass is 32.1. The molecule has 0 bridgehead atoms. The maximum atomic E-state index is 13.2. The molecule has 1 aromatic carbocycles. The van der Waals surface area contributed by atoms with E-state index in [9.17, 15) is 4.39 Å². The smallest absolute Gasteiger partial charge is 0.158 e. The number of rotatable bonds is 1. The van der Waals surface area contributed by atoms with E-state index in [4.69, 9.17) is 12.2 Å². The monoisotopic (exact) mass is 211 g/mol. The first-order chi connectivity index (χ1) is 6.27. The van der Waals surface area contributed by atoms with Crippen LogP contribution in [0.3, 0.4) is 0 Å². The summed E-state index contributed by atoms with van der Waals surface area (Å²) in [7, 11) is 0. The molecule has 0 aliphatic rings. The predicted octanol–water partition coefficient (Wildman–Crippen LogP) is 3.61. The molecule has 0 fully saturated rings. The van der Waals surface area contributed by atoms with Gasteiger partial charge in [-0.3, -0.25) is 0 Å². The second-order valence-electron chi connectivity index (χ2n) is 2.52. The standard InChI is InChI=1S/C9H6FNS2/c10-7-4-2-1-3-6(7)8-5-11-9(12)13-8/h1-5H,(H,11,12). The number of benzene rings is 1. The number of nitrogens with one attached hydrogen (secondary N) is 1. The minimum atomic E-state index is -0.215. The number of hydrogen-bond acceptors (Lipinski definition) is 2. The summed E-state index contributed by atoms with van der Waals surface area (Å²) < 4.78 is 13.9. The number of hydrogen-bond donors (Lipinski definition) is 1. The van der Waals surface area contributed by atoms with Crippen molar-refractivity contribution in [2.24, 2.45) is 0 Å². The lowest BCUT2D eigenvalue weighted by Crippen LogP contribution is -1.78. The summed E-state index contributed by atoms with van der Waals surface area (Å²) in [5.74, 6) is -0.215. The lowest BCUT2D eigenvalue weighted by atomic mass is 10.2. The molecule has 0 aliphatic heterocycles. The summed E-state index contributed by atoms with van der Waals surface area (Å²) in [5, 5.41) is 0. The van der Waals surface area contributed by atoms with Crippen molar-refractivity contribution in [3.05, 3.63) is 40.2 Å². The maximum absolute atomic E-state index is 13.2. The van der Waals surface area contributed by atoms with E-state index in [0.717, 1.165) is 4.88 Å². The Morgan fingerprint density at radius 3 is 2.69 bits per heavy atom. The molecule has 0 unspecified atom stereocenters. The first-order valence-electron chi connectivity index (χ1n) is 3.71. The Morgan fingerprint density at radius 1 is 1.31 bits per heavy atom. The van der Waals surface area contributed by atoms with Crippen molar-refractivity contribution in [2.75, 3.05) is 0 Å². The van der Waals surface area contributed by atoms with Gasteiger partial charge in [0.1, 0.15) is 5.82 Å². The van der Waals surface area contributed by atoms with Crippen LogP contribution in [0.15, 0.2) is 30.5 Å². The molecule has 0 saturated carbocycles. The molecule has 0 radical (unpaired) electrons. The zero-order valence-corrected chi connectivity index (χ0v) is 8.21. The molecule has 2 rings (SSSR count). The van der Waals surface area contributed by atoms with E-state index < -0.39 is 0 Å². The van der Waals surface area contributed by atoms with E-state index in [1.807, 2.05) is 0 Å². The van der Waals surface area contributed by atoms with E-state index in [1.165, 1.54) is 17.4 Å². The largest absolute Gasteiger partial charge is 0.343 e. The lowest BCUT2D eigenvalue weighted by molar-refractivity contribution is 0.631. The zero-order valence-electron chi connectivity index (χ0n) is 6.58. The minimum absolute atomic E-state index is 0.215. The van der Waals surface area contributed by atoms with Gasteiger partial charge in [-0.05, 0) is 18.3 Å². The third kappa shape index (κ3) is 1.68. The molecule has 1 heterocycles. The van der Waals surface area contributed by atoms with Crippen LogP contribution in [0, 0.1) is 9.77 Å². The number of thiazole rings is 1. The molecule has 66 valence electrons. The summed E-state index contributed by atoms with van der Waals surface area (Å²) in [4.78, 5) is 3.70. The van der Waals surface area contributed by atoms with Crippen molar-refractivity contribution in [3.8, 4) is 10.4 Å². The lowest BCUT2D eigenvalue weighted by Gasteiger charge is -1.96. The SMILES string of the molecule is Fc1ccccc1-c1c[nH]c(=S)s1. The topological polar surface area (TPSA) is 15.8 Å². The third-order valence-corrected chi connectivity index (χ3v) is 2.89. The van der Waals surface area contributed by atoms with Gasteiger partial charge < -0.3 is 4.98 Å². The Labute approximate surface area is 83.9 Å². The zero-order chi connectivity index (χ0) is 9.26. The molecular weight excluding hydrogens is 205 g/mol. The third-order valence-electron chi connectivity index (χ3n) is 1.66. The van der Waals surface area contributed by atoms with Crippen molar-refractivity contribution in [1.82, 2.24) is 4.98 Å². The van der Waals surface area contributed by atoms with Crippen molar-refractivity contribution in [3.63, 3.8) is 0 Å². The van der Waals surface area contributed by atoms with Crippen LogP contribution in [0.2, 0.25) is 0 Å². The van der Waals surface area contributed by atoms with E-state index >= 15 is 0 Å². The predicted molar refractivity (Wildman–Crippen MR) is 54.9 cm³/mol. The Hall–Kier alpha value is -1.00. The van der Waals surface area contributed by atoms with Crippen LogP contribution in [0.5, 0.6) is 0 Å². The van der Waals surface area contributed by atoms with Crippen LogP contribution in [-0.4, -0.2) is 4.98 Å². The van der Waals surface area contributed by atoms with E-state index in [2.05, 4.69) is 4.98 Å². The van der Waals surface area contributed by atoms with Gasteiger partial charge in [0.2, 0.25) is 0 Å². The average Bonchev–Trinajstić information content (AvgIpc) is 2.53. The molecule has 0 amide bonds. The fourth-order valence-corrected chi connectivity index (χ4v) is 2.12. The highest BCUT2D eigenvalue weighted by Crippen LogP contribution is 2.26. The summed E-state index contributed by atoms with van der Waals surface area (Å²) >= 11 is 6.29. The first-order valence-corrected chi connectivity index (χ1v) is 4.93. The quantitative estimate of drug-likeness (QED) is 0.712. The van der Waals surface area contributed by atoms with Gasteiger partial charge in [0, 0.05) is 11.8 Å². The van der Waals surface area contributed by atoms with Gasteiger partial charge in [0.05, 0.1) is 4.88 Å². The number of aromatic amines is 1. The van der Waals surface area contributed by atoms with E-state index in [0.29, 0.717) is 9.52 Å². The van der Waals surface area contributed by atoms with Crippen LogP contribution in [-0.2, 0) is 0 Å². The van der Waals surface area contributed by atoms with Crippen molar-refractivity contribution in [2.45, 2.75) is 0 Å². The normalized spacial score (nSPS) is 10.2. The number of halogens is 1. The molecule has 1 nitrogen and oxygen atoms in total. The highest BCUT2D eigenvalue weighted by molar-refractivity contribution is 7.73. The second-order valence-corrected chi connectivity index (χ2v) is 4.24. The molecule has 4 heteroatoms. The average molecular weight is 211 g/mol. The Morgan fingerprint density at radius 2 is 2.08 bits per heavy atom. The summed E-state index contributed by atoms with van der Waals surface area (Å²) in [6.07, 6.45) is 1.73. The Balaban J connectivity index is 2.58. The number of aromatic nitrogens is 1. The van der Waals surface area contributed by atoms with Crippen molar-refractivity contribution < 1.29 is 4.39 Å². The van der Waals surface area contributed by atoms with Crippen molar-refractivity contribution >= 4 is 23.6 Å². The van der Waals surface area contributed by atoms with Gasteiger partial charge in [-0.1, -0.05) is 18.2 Å². The molecule has 13 heavy (non-hydrogen) atoms. The van der Waals surface area contributed by atoms with Gasteiger partial charge in [-0.15, -0.1) is 11.3 Å². The molecule has 0 aliphatic carbocycles. The van der Waals surface area contributed by atoms with Crippen LogP contribution in [0.25, 0.3) is 10.4 Å². The van der Waals surface area contributed by atoms with Crippen LogP contribution >= 0.6 is 23.6 Å². The van der Waals surface area contributed by atoms with E-state index in [-0.39, 0.29) is 5.82 Å². The summed E-state index contributed by atoms with van der Waals surface area (Å²) in [6.45, 7) is 0. The summed E-state index contributed by atoms with van der Waals surface area (Å²) in [6, 6.07) is 6.66. The second kappa shape index (κ2) is 3.40. The molecule has 0 atom stereocenters. The van der Waals surface area contributed by atoms with Crippen LogP contribution < -0.4 is 0 Å². The molecule has 0 saturated heterocycles. The maximum Gasteiger partial charge on any atom is 0.158 e. The summed E-state index contributed by atoms with van der Waals surface area (Å²) in [5.41, 5.74) is 0.597. The molecule has 2 aromatic rings. The minimum Gasteiger partial charge on any atom is -0.343 e. The first kappa shape index (κ1) is 8.59. The number of H-pyrrole nitrogens is 1. The van der Waals surface area contributed by atoms with Crippen LogP contribution in [0.1, 0.15) is 0 Å². The fourth-order valence-electron chi connectivity index (χ4n) is 1.08. The molecule has 1 N–H and O–H groups in total. The molecular formula is C9H6FNS2. The van der Waals surface area contributed by atoms with Crippen molar-refractivity contribution in [1.29, 1.82) is 0 Å². The Kier molecular flexibility index (Phi) is 2.24. The highest BCUT2D eigenvalue weighted by Gasteiger charge is 2.04. The van der Waals surface area contributed by atoms with Gasteiger partial charge in [0.15, 0.2) is 3.95 Å². The van der Waals surface area contributed by atoms with Crippen LogP contribution in [0.4, 0.5) is 4.39 Å². The van der Waals surface area contributed by atoms with Gasteiger partial charge >= 0.3 is 0 Å². The molecule has 0 spiro atoms. The Bertz CT molecular complexity index is 472. The van der Waals surface area contributed by atoms with Gasteiger partial charge in [-0.25, -0.2) is 4.39 Å². The fraction of sp³-hybridized carbons (Fsp3) is 0. The van der Waals surface area contributed by atoms with Gasteiger partial charge in [-0.2, -0.15) is 0 Å². The molecule has 1 aromatic heterocycles.